The highest BCUT2D eigenvalue weighted by Crippen LogP contribution is 2.34. The van der Waals surface area contributed by atoms with Crippen molar-refractivity contribution in [2.45, 2.75) is 19.8 Å². The van der Waals surface area contributed by atoms with Gasteiger partial charge in [-0.15, -0.1) is 0 Å². The second-order valence-corrected chi connectivity index (χ2v) is 6.44. The number of nitrogens with zero attached hydrogens (tertiary/aromatic N) is 4. The predicted octanol–water partition coefficient (Wildman–Crippen LogP) is 1.82. The highest BCUT2D eigenvalue weighted by atomic mass is 32.1. The van der Waals surface area contributed by atoms with Crippen LogP contribution in [0.25, 0.3) is 0 Å². The first-order valence-electron chi connectivity index (χ1n) is 7.17. The van der Waals surface area contributed by atoms with E-state index in [1.165, 1.54) is 11.3 Å². The van der Waals surface area contributed by atoms with Crippen molar-refractivity contribution in [1.82, 2.24) is 14.8 Å². The second kappa shape index (κ2) is 5.69. The number of rotatable bonds is 2. The molecule has 0 radical (unpaired) electrons. The van der Waals surface area contributed by atoms with Gasteiger partial charge in [-0.2, -0.15) is 0 Å². The first-order valence-corrected chi connectivity index (χ1v) is 7.99. The summed E-state index contributed by atoms with van der Waals surface area (Å²) in [7, 11) is 1.94. The van der Waals surface area contributed by atoms with Crippen molar-refractivity contribution in [3.8, 4) is 0 Å². The van der Waals surface area contributed by atoms with Crippen LogP contribution in [0.15, 0.2) is 11.8 Å². The molecule has 2 amide bonds. The maximum Gasteiger partial charge on any atom is 0.328 e. The van der Waals surface area contributed by atoms with E-state index in [-0.39, 0.29) is 11.8 Å². The molecule has 1 aliphatic heterocycles. The van der Waals surface area contributed by atoms with E-state index in [1.807, 2.05) is 18.9 Å². The van der Waals surface area contributed by atoms with E-state index < -0.39 is 0 Å². The molecular weight excluding hydrogens is 304 g/mol. The molecule has 3 rings (SSSR count). The molecule has 7 nitrogen and oxygen atoms in total. The van der Waals surface area contributed by atoms with E-state index >= 15 is 0 Å². The number of carbonyl (C=O) groups is 2. The van der Waals surface area contributed by atoms with E-state index in [9.17, 15) is 9.59 Å². The van der Waals surface area contributed by atoms with Crippen LogP contribution < -0.4 is 4.90 Å². The summed E-state index contributed by atoms with van der Waals surface area (Å²) in [5.41, 5.74) is 1.12. The van der Waals surface area contributed by atoms with Gasteiger partial charge < -0.3 is 10.0 Å². The number of Topliss-reactive ketones (excluding diaryl/α,β-unsaturated/α-hetero) is 1. The summed E-state index contributed by atoms with van der Waals surface area (Å²) >= 11 is 1.23. The minimum Gasteiger partial charge on any atom is -0.515 e. The molecule has 1 N–H and O–H groups in total. The van der Waals surface area contributed by atoms with Crippen molar-refractivity contribution in [1.29, 1.82) is 0 Å². The molecule has 1 aromatic rings. The van der Waals surface area contributed by atoms with Crippen molar-refractivity contribution < 1.29 is 14.7 Å². The lowest BCUT2D eigenvalue weighted by Gasteiger charge is -2.38. The van der Waals surface area contributed by atoms with Crippen LogP contribution in [0.4, 0.5) is 9.93 Å². The summed E-state index contributed by atoms with van der Waals surface area (Å²) in [5.74, 6) is -0.183. The number of aliphatic hydroxyl groups is 1. The molecule has 1 fully saturated rings. The largest absolute Gasteiger partial charge is 0.515 e. The zero-order valence-electron chi connectivity index (χ0n) is 12.6. The smallest absolute Gasteiger partial charge is 0.328 e. The number of aryl methyl sites for hydroxylation is 1. The summed E-state index contributed by atoms with van der Waals surface area (Å²) in [6.45, 7) is 3.61. The van der Waals surface area contributed by atoms with E-state index in [0.29, 0.717) is 48.3 Å². The standard InChI is InChI=1S/C14H18N4O3S/c1-3-17-7-16(2)8-18(14(17)21)13-15-10-5-4-9(6-19)11(20)12(10)22-13/h6,19H,3-5,7-8H2,1-2H3. The van der Waals surface area contributed by atoms with Gasteiger partial charge in [0.1, 0.15) is 0 Å². The first kappa shape index (κ1) is 15.0. The Morgan fingerprint density at radius 1 is 1.32 bits per heavy atom. The van der Waals surface area contributed by atoms with E-state index in [0.717, 1.165) is 12.0 Å². The Morgan fingerprint density at radius 2 is 2.09 bits per heavy atom. The quantitative estimate of drug-likeness (QED) is 0.664. The van der Waals surface area contributed by atoms with Crippen molar-refractivity contribution in [2.75, 3.05) is 31.8 Å². The molecule has 22 heavy (non-hydrogen) atoms. The van der Waals surface area contributed by atoms with Gasteiger partial charge in [0.05, 0.1) is 30.2 Å². The molecule has 2 heterocycles. The van der Waals surface area contributed by atoms with Crippen molar-refractivity contribution >= 4 is 28.3 Å². The average molecular weight is 322 g/mol. The lowest BCUT2D eigenvalue weighted by molar-refractivity contribution is 0.102. The van der Waals surface area contributed by atoms with E-state index in [2.05, 4.69) is 4.98 Å². The molecule has 0 unspecified atom stereocenters. The number of ketones is 1. The first-order chi connectivity index (χ1) is 10.5. The third-order valence-corrected chi connectivity index (χ3v) is 5.00. The fourth-order valence-corrected chi connectivity index (χ4v) is 3.76. The monoisotopic (exact) mass is 322 g/mol. The third kappa shape index (κ3) is 2.38. The number of amides is 2. The van der Waals surface area contributed by atoms with Gasteiger partial charge >= 0.3 is 6.03 Å². The van der Waals surface area contributed by atoms with E-state index in [4.69, 9.17) is 5.11 Å². The third-order valence-electron chi connectivity index (χ3n) is 3.88. The number of hydrogen-bond donors (Lipinski definition) is 1. The molecule has 118 valence electrons. The molecule has 1 aromatic heterocycles. The van der Waals surface area contributed by atoms with Gasteiger partial charge in [-0.25, -0.2) is 9.78 Å². The molecular formula is C14H18N4O3S. The Labute approximate surface area is 132 Å². The molecule has 0 atom stereocenters. The number of hydrogen-bond acceptors (Lipinski definition) is 6. The molecule has 0 bridgehead atoms. The molecule has 2 aliphatic rings. The number of allylic oxidation sites excluding steroid dienone is 1. The van der Waals surface area contributed by atoms with E-state index in [1.54, 1.807) is 9.80 Å². The Kier molecular flexibility index (Phi) is 3.88. The number of urea groups is 1. The fraction of sp³-hybridized carbons (Fsp3) is 0.500. The summed E-state index contributed by atoms with van der Waals surface area (Å²) in [5, 5.41) is 9.66. The van der Waals surface area contributed by atoms with Crippen LogP contribution in [0.2, 0.25) is 0 Å². The number of aromatic nitrogens is 1. The van der Waals surface area contributed by atoms with Gasteiger partial charge in [0.2, 0.25) is 5.78 Å². The van der Waals surface area contributed by atoms with Gasteiger partial charge in [-0.05, 0) is 26.8 Å². The molecule has 0 spiro atoms. The Bertz CT molecular complexity index is 655. The summed E-state index contributed by atoms with van der Waals surface area (Å²) in [4.78, 5) is 35.1. The normalized spacial score (nSPS) is 21.6. The number of thiazole rings is 1. The molecule has 1 saturated heterocycles. The summed E-state index contributed by atoms with van der Waals surface area (Å²) < 4.78 is 0. The minimum atomic E-state index is -0.183. The predicted molar refractivity (Wildman–Crippen MR) is 83.2 cm³/mol. The Balaban J connectivity index is 1.93. The zero-order chi connectivity index (χ0) is 15.9. The van der Waals surface area contributed by atoms with Crippen LogP contribution in [0, 0.1) is 0 Å². The second-order valence-electron chi connectivity index (χ2n) is 5.46. The van der Waals surface area contributed by atoms with Crippen LogP contribution in [-0.4, -0.2) is 58.6 Å². The lowest BCUT2D eigenvalue weighted by atomic mass is 9.97. The molecule has 1 aliphatic carbocycles. The van der Waals surface area contributed by atoms with Crippen LogP contribution in [-0.2, 0) is 6.42 Å². The number of fused-ring (bicyclic) bond motifs is 1. The number of anilines is 1. The zero-order valence-corrected chi connectivity index (χ0v) is 13.4. The maximum absolute atomic E-state index is 12.5. The van der Waals surface area contributed by atoms with Gasteiger partial charge in [-0.1, -0.05) is 11.3 Å². The number of carbonyl (C=O) groups excluding carboxylic acids is 2. The average Bonchev–Trinajstić information content (AvgIpc) is 2.94. The van der Waals surface area contributed by atoms with Gasteiger partial charge in [0.15, 0.2) is 5.13 Å². The van der Waals surface area contributed by atoms with Crippen LogP contribution >= 0.6 is 11.3 Å². The summed E-state index contributed by atoms with van der Waals surface area (Å²) in [6.07, 6.45) is 1.98. The van der Waals surface area contributed by atoms with Crippen molar-refractivity contribution in [2.24, 2.45) is 0 Å². The van der Waals surface area contributed by atoms with Crippen molar-refractivity contribution in [3.05, 3.63) is 22.4 Å². The van der Waals surface area contributed by atoms with Gasteiger partial charge in [0, 0.05) is 12.1 Å². The lowest BCUT2D eigenvalue weighted by Crippen LogP contribution is -2.57. The van der Waals surface area contributed by atoms with Crippen molar-refractivity contribution in [3.63, 3.8) is 0 Å². The molecule has 0 aromatic carbocycles. The number of aliphatic hydroxyl groups excluding tert-OH is 1. The van der Waals surface area contributed by atoms with Crippen LogP contribution in [0.5, 0.6) is 0 Å². The molecule has 0 saturated carbocycles. The Hall–Kier alpha value is -1.93. The minimum absolute atomic E-state index is 0.0860. The summed E-state index contributed by atoms with van der Waals surface area (Å²) in [6, 6.07) is -0.0860. The maximum atomic E-state index is 12.5. The highest BCUT2D eigenvalue weighted by molar-refractivity contribution is 7.18. The van der Waals surface area contributed by atoms with Crippen LogP contribution in [0.3, 0.4) is 0 Å². The van der Waals surface area contributed by atoms with Gasteiger partial charge in [0.25, 0.3) is 0 Å². The fourth-order valence-electron chi connectivity index (χ4n) is 2.68. The van der Waals surface area contributed by atoms with Gasteiger partial charge in [-0.3, -0.25) is 14.6 Å². The molecule has 8 heteroatoms. The Morgan fingerprint density at radius 3 is 2.77 bits per heavy atom. The van der Waals surface area contributed by atoms with Crippen LogP contribution in [0.1, 0.15) is 28.7 Å². The SMILES string of the molecule is CCN1CN(C)CN(c2nc3c(s2)C(=O)C(=CO)CC3)C1=O. The highest BCUT2D eigenvalue weighted by Gasteiger charge is 2.33. The topological polar surface area (TPSA) is 77.0 Å².